The first-order chi connectivity index (χ1) is 6.93. The van der Waals surface area contributed by atoms with Crippen molar-refractivity contribution in [3.8, 4) is 0 Å². The second-order valence-electron chi connectivity index (χ2n) is 1.39. The molecule has 222 valence electrons. The van der Waals surface area contributed by atoms with Gasteiger partial charge in [0, 0.05) is 0 Å². The maximum absolute atomic E-state index is 7.17. The Morgan fingerprint density at radius 1 is 0.0759 bits per heavy atom. The summed E-state index contributed by atoms with van der Waals surface area (Å²) in [5.41, 5.74) is 0. The third kappa shape index (κ3) is 1060. The van der Waals surface area contributed by atoms with E-state index in [-0.39, 0.29) is 1280 Å². The Morgan fingerprint density at radius 2 is 0.0759 bits per heavy atom. The van der Waals surface area contributed by atoms with E-state index in [1.54, 1.807) is 0 Å². The second kappa shape index (κ2) is 619. The molecule has 0 spiro atoms. The molecule has 0 aliphatic heterocycles. The molecule has 12 N–H and O–H groups in total. The van der Waals surface area contributed by atoms with Crippen molar-refractivity contribution in [1.82, 2.24) is 0 Å². The molecule has 0 aliphatic carbocycles. The quantitative estimate of drug-likeness (QED) is 0.104. The molecule has 0 aliphatic rings. The van der Waals surface area contributed by atoms with Crippen molar-refractivity contribution in [3.63, 3.8) is 0 Å². The van der Waals surface area contributed by atoms with Gasteiger partial charge in [-0.3, -0.25) is 0 Å². The number of hydrogen-bond acceptors (Lipinski definition) is 12. The minimum absolute atomic E-state index is 0. The van der Waals surface area contributed by atoms with Crippen LogP contribution in [-0.2, 0) is 0 Å². The first kappa shape index (κ1) is 635. The fourth-order valence-electron chi connectivity index (χ4n) is 0. The van der Waals surface area contributed by atoms with Crippen molar-refractivity contribution in [2.24, 2.45) is 0 Å². The van der Waals surface area contributed by atoms with Gasteiger partial charge in [0.05, 0.1) is 0 Å². The minimum atomic E-state index is -2.17. The van der Waals surface area contributed by atoms with E-state index in [0.29, 0.717) is 0 Å². The Kier molecular flexibility index (Phi) is 4970. The number of rotatable bonds is 0. The average Bonchev–Trinajstić information content (AvgIpc) is 1.76. The molecule has 0 bridgehead atoms. The summed E-state index contributed by atoms with van der Waals surface area (Å²) in [5.74, 6) is 0. The predicted molar refractivity (Wildman–Crippen MR) is 120 cm³/mol. The maximum atomic E-state index is 7.17. The summed E-state index contributed by atoms with van der Waals surface area (Å²) in [6.07, 6.45) is 0. The van der Waals surface area contributed by atoms with Gasteiger partial charge in [-0.25, -0.2) is 0 Å². The van der Waals surface area contributed by atoms with Crippen LogP contribution in [0.3, 0.4) is 0 Å². The Hall–Kier alpha value is 37.4. The van der Waals surface area contributed by atoms with Gasteiger partial charge in [-0.05, 0) is 0 Å². The summed E-state index contributed by atoms with van der Waals surface area (Å²) in [7, 11) is -8.67. The zero-order chi connectivity index (χ0) is 14.3. The van der Waals surface area contributed by atoms with Crippen molar-refractivity contribution < 1.29 is 1340 Å². The Labute approximate surface area is 1340 Å². The number of hydrogen-bond donors (Lipinski definition) is 12. The van der Waals surface area contributed by atoms with E-state index in [4.69, 9.17) is 60.3 Å². The first-order valence-corrected chi connectivity index (χ1v) is 3.10. The van der Waals surface area contributed by atoms with E-state index >= 15 is 0 Å². The molecular weight excluding hydrogens is 673 g/mol. The van der Waals surface area contributed by atoms with Crippen LogP contribution in [0.4, 0.5) is 0 Å². The molecular formula is H75B4Li63O12. The Bertz CT molecular complexity index is 254. The van der Waals surface area contributed by atoms with Gasteiger partial charge in [0.15, 0.2) is 0 Å². The van der Waals surface area contributed by atoms with E-state index in [2.05, 4.69) is 0 Å². The van der Waals surface area contributed by atoms with Crippen LogP contribution in [-0.4, -0.2) is 89.6 Å². The van der Waals surface area contributed by atoms with Gasteiger partial charge in [0.25, 0.3) is 0 Å². The topological polar surface area (TPSA) is 243 Å². The van der Waals surface area contributed by atoms with Crippen molar-refractivity contribution in [1.29, 1.82) is 0 Å². The zero-order valence-corrected chi connectivity index (χ0v) is 70.7. The molecule has 0 aromatic carbocycles. The Balaban J connectivity index is -0.0000000000815. The van der Waals surface area contributed by atoms with Crippen molar-refractivity contribution >= 4 is 29.3 Å². The standard InChI is InChI=1S/4BH3O3.63Li.63H/c4*2-1(3)4;;;;;;;;;;;;;;;;;;;;;;;;;;;;;;;;;;;;;;;;;;;;;;;;;;;;;;;;;;;;;;;;;;;;;;;;;;;;;;;;;;;;;;;;;;;;;;;;;;;;;;;;;;;;;;;;;;;;;;;;;;;;;;/h4*2-4H;;;;;;;;;;;;;;;;;;;;;;;;;;;;;;;;;;;;;;;;;;;;;;;;;;;;;;;;;;;;;;;;;;;;;;;;;;;;;;;;;;;;;;;;;;;;;;;;;;;;;;;;;;;;;;;;;;;;;;;;;;;;;;/q;;;;63*+1;63*-1. The molecule has 0 heterocycles. The maximum Gasteiger partial charge on any atom is 1.00 e. The summed E-state index contributed by atoms with van der Waals surface area (Å²) >= 11 is 0. The largest absolute Gasteiger partial charge is 1.00 e. The van der Waals surface area contributed by atoms with Crippen LogP contribution in [0.1, 0.15) is 89.9 Å². The molecule has 0 rings (SSSR count). The molecule has 0 saturated carbocycles. The smallest absolute Gasteiger partial charge is 1.00 e. The van der Waals surface area contributed by atoms with Gasteiger partial charge in [0.2, 0.25) is 0 Å². The molecule has 12 nitrogen and oxygen atoms in total. The van der Waals surface area contributed by atoms with Gasteiger partial charge in [-0.15, -0.1) is 0 Å². The molecule has 79 heavy (non-hydrogen) atoms. The molecule has 0 amide bonds. The minimum Gasteiger partial charge on any atom is -1.00 e. The summed E-state index contributed by atoms with van der Waals surface area (Å²) in [4.78, 5) is 0. The van der Waals surface area contributed by atoms with Crippen LogP contribution in [0.2, 0.25) is 0 Å². The van der Waals surface area contributed by atoms with E-state index in [1.165, 1.54) is 0 Å². The van der Waals surface area contributed by atoms with Gasteiger partial charge >= 0.3 is 1220 Å². The van der Waals surface area contributed by atoms with Crippen molar-refractivity contribution in [3.05, 3.63) is 0 Å². The van der Waals surface area contributed by atoms with Crippen LogP contribution in [0.25, 0.3) is 0 Å². The molecule has 0 saturated heterocycles. The molecule has 0 aromatic heterocycles. The Morgan fingerprint density at radius 3 is 0.0759 bits per heavy atom. The van der Waals surface area contributed by atoms with Crippen LogP contribution in [0, 0.1) is 0 Å². The third-order valence-corrected chi connectivity index (χ3v) is 0. The predicted octanol–water partition coefficient (Wildman–Crippen LogP) is -190. The van der Waals surface area contributed by atoms with Gasteiger partial charge < -0.3 is 150 Å². The monoisotopic (exact) mass is 754 g/mol. The van der Waals surface area contributed by atoms with Gasteiger partial charge in [-0.2, -0.15) is 0 Å². The van der Waals surface area contributed by atoms with Crippen LogP contribution >= 0.6 is 0 Å². The van der Waals surface area contributed by atoms with E-state index < -0.39 is 29.3 Å². The van der Waals surface area contributed by atoms with E-state index in [0.717, 1.165) is 0 Å². The summed E-state index contributed by atoms with van der Waals surface area (Å²) in [6.45, 7) is 0. The molecule has 0 aromatic rings. The van der Waals surface area contributed by atoms with E-state index in [9.17, 15) is 0 Å². The summed E-state index contributed by atoms with van der Waals surface area (Å²) < 4.78 is 0. The SMILES string of the molecule is OB(O)O.OB(O)O.OB(O)O.OB(O)O.[H-].[H-].[H-].[H-].[H-].[H-].[H-].[H-].[H-].[H-].[H-].[H-].[H-].[H-].[H-].[H-].[H-].[H-].[H-].[H-].[H-].[H-].[H-].[H-].[H-].[H-].[H-].[H-].[H-].[H-].[H-].[H-].[H-].[H-].[H-].[H-].[H-].[H-].[H-].[H-].[H-].[H-].[H-].[H-].[H-].[H-].[H-].[H-].[H-].[H-].[H-].[H-].[H-].[H-].[H-].[H-].[H-].[H-].[H-].[H-].[H-].[H-].[H-].[Li+].[Li+].[Li+].[Li+].[Li+].[Li+].[Li+].[Li+].[Li+].[Li+].[Li+].[Li+].[Li+].[Li+].[Li+].[Li+].[Li+].[Li+].[Li+].[Li+].[Li+].[Li+].[Li+].[Li+].[Li+].[Li+].[Li+].[Li+].[Li+].[Li+].[Li+].[Li+].[Li+].[Li+].[Li+].[Li+].[Li+].[Li+].[Li+].[Li+].[Li+].[Li+].[Li+].[Li+].[Li+].[Li+].[Li+].[Li+].[Li+].[Li+].[Li+].[Li+].[Li+].[Li+].[Li+].[Li+].[Li+].[Li+].[Li+].[Li+].[Li+].[Li+].[Li+]. The van der Waals surface area contributed by atoms with Gasteiger partial charge in [0.1, 0.15) is 0 Å². The molecule has 0 radical (unpaired) electrons. The van der Waals surface area contributed by atoms with Crippen LogP contribution in [0.15, 0.2) is 0 Å². The second-order valence-corrected chi connectivity index (χ2v) is 1.39. The first-order valence-electron chi connectivity index (χ1n) is 3.10. The molecule has 79 heteroatoms. The third-order valence-electron chi connectivity index (χ3n) is 0. The molecule has 0 atom stereocenters. The normalized spacial score (nSPS) is 1.37. The fraction of sp³-hybridized carbons (Fsp3) is 0. The van der Waals surface area contributed by atoms with Crippen molar-refractivity contribution in [2.75, 3.05) is 0 Å². The fourth-order valence-corrected chi connectivity index (χ4v) is 0. The van der Waals surface area contributed by atoms with Crippen molar-refractivity contribution in [2.45, 2.75) is 0 Å². The van der Waals surface area contributed by atoms with E-state index in [1.807, 2.05) is 0 Å². The molecule has 0 fully saturated rings. The summed E-state index contributed by atoms with van der Waals surface area (Å²) in [5, 5.41) is 86.0. The van der Waals surface area contributed by atoms with Gasteiger partial charge in [-0.1, -0.05) is 0 Å². The summed E-state index contributed by atoms with van der Waals surface area (Å²) in [6, 6.07) is 0. The zero-order valence-electron chi connectivity index (χ0n) is 134. The molecule has 0 unspecified atom stereocenters. The van der Waals surface area contributed by atoms with Crippen LogP contribution < -0.4 is 1190 Å². The average molecular weight is 748 g/mol. The van der Waals surface area contributed by atoms with Crippen LogP contribution in [0.5, 0.6) is 0 Å².